The van der Waals surface area contributed by atoms with E-state index in [1.165, 1.54) is 5.57 Å². The normalized spacial score (nSPS) is 55.7. The van der Waals surface area contributed by atoms with E-state index in [9.17, 15) is 15.0 Å². The average molecular weight is 318 g/mol. The molecular weight excluding hydrogens is 288 g/mol. The molecule has 0 aliphatic heterocycles. The van der Waals surface area contributed by atoms with E-state index in [0.717, 1.165) is 25.7 Å². The van der Waals surface area contributed by atoms with Gasteiger partial charge in [-0.2, -0.15) is 0 Å². The van der Waals surface area contributed by atoms with Crippen molar-refractivity contribution < 1.29 is 15.0 Å². The van der Waals surface area contributed by atoms with Crippen LogP contribution in [0.15, 0.2) is 11.6 Å². The van der Waals surface area contributed by atoms with Gasteiger partial charge in [0, 0.05) is 11.8 Å². The fraction of sp³-hybridized carbons (Fsp3) is 0.850. The summed E-state index contributed by atoms with van der Waals surface area (Å²) in [7, 11) is 0. The maximum absolute atomic E-state index is 11.8. The zero-order valence-corrected chi connectivity index (χ0v) is 14.6. The average Bonchev–Trinajstić information content (AvgIpc) is 2.68. The minimum absolute atomic E-state index is 0.173. The second-order valence-corrected chi connectivity index (χ2v) is 9.27. The first-order chi connectivity index (χ1) is 10.7. The molecule has 3 unspecified atom stereocenters. The van der Waals surface area contributed by atoms with E-state index in [-0.39, 0.29) is 23.2 Å². The molecule has 4 rings (SSSR count). The molecule has 4 aliphatic carbocycles. The molecule has 0 aromatic rings. The molecule has 0 bridgehead atoms. The molecule has 0 aromatic heterocycles. The van der Waals surface area contributed by atoms with Crippen LogP contribution >= 0.6 is 0 Å². The van der Waals surface area contributed by atoms with Crippen molar-refractivity contribution in [3.05, 3.63) is 11.6 Å². The number of hydrogen-bond donors (Lipinski definition) is 2. The van der Waals surface area contributed by atoms with Crippen molar-refractivity contribution in [1.82, 2.24) is 0 Å². The minimum atomic E-state index is -0.665. The summed E-state index contributed by atoms with van der Waals surface area (Å²) in [5.41, 5.74) is 0.456. The van der Waals surface area contributed by atoms with Crippen molar-refractivity contribution in [3.8, 4) is 0 Å². The monoisotopic (exact) mass is 318 g/mol. The second-order valence-electron chi connectivity index (χ2n) is 9.27. The van der Waals surface area contributed by atoms with Gasteiger partial charge in [-0.3, -0.25) is 4.79 Å². The van der Waals surface area contributed by atoms with Crippen molar-refractivity contribution in [2.75, 3.05) is 0 Å². The highest BCUT2D eigenvalue weighted by Gasteiger charge is 2.64. The number of ketones is 1. The predicted molar refractivity (Wildman–Crippen MR) is 88.7 cm³/mol. The lowest BCUT2D eigenvalue weighted by molar-refractivity contribution is -0.161. The quantitative estimate of drug-likeness (QED) is 0.721. The van der Waals surface area contributed by atoms with Crippen molar-refractivity contribution >= 4 is 5.78 Å². The van der Waals surface area contributed by atoms with Crippen LogP contribution in [0.3, 0.4) is 0 Å². The third-order valence-electron chi connectivity index (χ3n) is 8.18. The van der Waals surface area contributed by atoms with Crippen molar-refractivity contribution in [2.24, 2.45) is 35.0 Å². The number of aliphatic hydroxyl groups is 2. The molecule has 3 fully saturated rings. The highest BCUT2D eigenvalue weighted by molar-refractivity contribution is 5.91. The lowest BCUT2D eigenvalue weighted by atomic mass is 9.47. The van der Waals surface area contributed by atoms with Crippen LogP contribution in [0.5, 0.6) is 0 Å². The van der Waals surface area contributed by atoms with Crippen LogP contribution in [-0.2, 0) is 4.79 Å². The fourth-order valence-corrected chi connectivity index (χ4v) is 6.86. The third-order valence-corrected chi connectivity index (χ3v) is 8.18. The molecule has 0 saturated heterocycles. The molecule has 0 amide bonds. The molecule has 2 N–H and O–H groups in total. The van der Waals surface area contributed by atoms with Crippen LogP contribution in [0.1, 0.15) is 59.3 Å². The Morgan fingerprint density at radius 1 is 1.22 bits per heavy atom. The molecule has 0 radical (unpaired) electrons. The lowest BCUT2D eigenvalue weighted by Crippen LogP contribution is -2.58. The summed E-state index contributed by atoms with van der Waals surface area (Å²) in [6, 6.07) is 0. The van der Waals surface area contributed by atoms with Crippen molar-refractivity contribution in [2.45, 2.75) is 71.0 Å². The van der Waals surface area contributed by atoms with Crippen LogP contribution in [-0.4, -0.2) is 27.7 Å². The van der Waals surface area contributed by atoms with Crippen LogP contribution < -0.4 is 0 Å². The second kappa shape index (κ2) is 4.92. The highest BCUT2D eigenvalue weighted by atomic mass is 16.3. The summed E-state index contributed by atoms with van der Waals surface area (Å²) in [5, 5.41) is 22.0. The Hall–Kier alpha value is -0.670. The topological polar surface area (TPSA) is 57.5 Å². The van der Waals surface area contributed by atoms with Gasteiger partial charge in [0.15, 0.2) is 5.78 Å². The molecule has 3 nitrogen and oxygen atoms in total. The SMILES string of the molecule is CC1CC2=CC(=O)CC[C@@H]2[C@H]2C(O)C[C@@]3(C)[C@@H](CC[C@]3(C)O)C12. The Bertz CT molecular complexity index is 563. The molecule has 0 heterocycles. The molecule has 0 spiro atoms. The van der Waals surface area contributed by atoms with E-state index in [0.29, 0.717) is 36.5 Å². The lowest BCUT2D eigenvalue weighted by Gasteiger charge is -2.58. The van der Waals surface area contributed by atoms with Gasteiger partial charge >= 0.3 is 0 Å². The smallest absolute Gasteiger partial charge is 0.155 e. The number of carbonyl (C=O) groups is 1. The summed E-state index contributed by atoms with van der Waals surface area (Å²) in [5.74, 6) is 2.40. The predicted octanol–water partition coefficient (Wildman–Crippen LogP) is 3.10. The van der Waals surface area contributed by atoms with E-state index < -0.39 is 5.60 Å². The largest absolute Gasteiger partial charge is 0.393 e. The van der Waals surface area contributed by atoms with Gasteiger partial charge in [-0.05, 0) is 74.7 Å². The standard InChI is InChI=1S/C20H30O3/c1-11-8-12-9-13(21)4-5-14(12)18-16(22)10-19(2)15(17(11)18)6-7-20(19,3)23/h9,11,14-18,22-23H,4-8,10H2,1-3H3/t11?,14-,15-,16?,17?,18-,19-,20-/m0/s1. The van der Waals surface area contributed by atoms with Crippen LogP contribution in [0.4, 0.5) is 0 Å². The number of rotatable bonds is 0. The van der Waals surface area contributed by atoms with E-state index >= 15 is 0 Å². The first kappa shape index (κ1) is 15.8. The molecule has 23 heavy (non-hydrogen) atoms. The Balaban J connectivity index is 1.74. The number of aliphatic hydroxyl groups excluding tert-OH is 1. The van der Waals surface area contributed by atoms with Gasteiger partial charge in [0.25, 0.3) is 0 Å². The molecule has 3 saturated carbocycles. The molecule has 128 valence electrons. The zero-order valence-electron chi connectivity index (χ0n) is 14.6. The van der Waals surface area contributed by atoms with Crippen LogP contribution in [0.2, 0.25) is 0 Å². The Kier molecular flexibility index (Phi) is 3.39. The van der Waals surface area contributed by atoms with Crippen molar-refractivity contribution in [3.63, 3.8) is 0 Å². The van der Waals surface area contributed by atoms with E-state index in [1.54, 1.807) is 0 Å². The van der Waals surface area contributed by atoms with Gasteiger partial charge in [0.1, 0.15) is 0 Å². The minimum Gasteiger partial charge on any atom is -0.393 e. The number of hydrogen-bond acceptors (Lipinski definition) is 3. The first-order valence-electron chi connectivity index (χ1n) is 9.38. The third kappa shape index (κ3) is 2.05. The summed E-state index contributed by atoms with van der Waals surface area (Å²) < 4.78 is 0. The molecule has 4 aliphatic rings. The van der Waals surface area contributed by atoms with Gasteiger partial charge in [0.05, 0.1) is 11.7 Å². The maximum atomic E-state index is 11.8. The van der Waals surface area contributed by atoms with E-state index in [4.69, 9.17) is 0 Å². The van der Waals surface area contributed by atoms with E-state index in [1.807, 2.05) is 13.0 Å². The van der Waals surface area contributed by atoms with Crippen LogP contribution in [0.25, 0.3) is 0 Å². The number of allylic oxidation sites excluding steroid dienone is 1. The van der Waals surface area contributed by atoms with Gasteiger partial charge in [-0.1, -0.05) is 19.4 Å². The van der Waals surface area contributed by atoms with Gasteiger partial charge in [-0.25, -0.2) is 0 Å². The van der Waals surface area contributed by atoms with Gasteiger partial charge in [0.2, 0.25) is 0 Å². The summed E-state index contributed by atoms with van der Waals surface area (Å²) >= 11 is 0. The van der Waals surface area contributed by atoms with Crippen molar-refractivity contribution in [1.29, 1.82) is 0 Å². The summed E-state index contributed by atoms with van der Waals surface area (Å²) in [6.45, 7) is 6.46. The molecule has 3 heteroatoms. The first-order valence-corrected chi connectivity index (χ1v) is 9.38. The Morgan fingerprint density at radius 2 is 1.96 bits per heavy atom. The number of carbonyl (C=O) groups excluding carboxylic acids is 1. The summed E-state index contributed by atoms with van der Waals surface area (Å²) in [6.07, 6.45) is 6.71. The molecule has 0 aromatic carbocycles. The summed E-state index contributed by atoms with van der Waals surface area (Å²) in [4.78, 5) is 11.8. The highest BCUT2D eigenvalue weighted by Crippen LogP contribution is 2.65. The van der Waals surface area contributed by atoms with E-state index in [2.05, 4.69) is 13.8 Å². The van der Waals surface area contributed by atoms with Gasteiger partial charge < -0.3 is 10.2 Å². The Labute approximate surface area is 139 Å². The molecular formula is C20H30O3. The number of fused-ring (bicyclic) bond motifs is 5. The van der Waals surface area contributed by atoms with Crippen LogP contribution in [0, 0.1) is 35.0 Å². The maximum Gasteiger partial charge on any atom is 0.155 e. The molecule has 8 atom stereocenters. The fourth-order valence-electron chi connectivity index (χ4n) is 6.86. The Morgan fingerprint density at radius 3 is 2.70 bits per heavy atom. The zero-order chi connectivity index (χ0) is 16.6. The van der Waals surface area contributed by atoms with Gasteiger partial charge in [-0.15, -0.1) is 0 Å².